The smallest absolute Gasteiger partial charge is 0.263 e. The van der Waals surface area contributed by atoms with Gasteiger partial charge in [0.25, 0.3) is 11.8 Å². The normalized spacial score (nSPS) is 11.2. The fourth-order valence-electron chi connectivity index (χ4n) is 3.15. The Hall–Kier alpha value is -3.41. The molecule has 9 nitrogen and oxygen atoms in total. The fourth-order valence-corrected chi connectivity index (χ4v) is 4.29. The third-order valence-corrected chi connectivity index (χ3v) is 6.61. The number of nitrogens with two attached hydrogens (primary N) is 1. The summed E-state index contributed by atoms with van der Waals surface area (Å²) in [7, 11) is -3.91. The topological polar surface area (TPSA) is 144 Å². The molecule has 0 spiro atoms. The van der Waals surface area contributed by atoms with Gasteiger partial charge in [-0.2, -0.15) is 0 Å². The zero-order chi connectivity index (χ0) is 26.0. The highest BCUT2D eigenvalue weighted by Crippen LogP contribution is 2.35. The lowest BCUT2D eigenvalue weighted by Crippen LogP contribution is -2.18. The van der Waals surface area contributed by atoms with Gasteiger partial charge in [0, 0.05) is 26.9 Å². The number of sulfonamides is 1. The maximum absolute atomic E-state index is 13.3. The van der Waals surface area contributed by atoms with Crippen molar-refractivity contribution in [3.8, 4) is 11.3 Å². The summed E-state index contributed by atoms with van der Waals surface area (Å²) >= 11 is 18.2. The predicted octanol–water partition coefficient (Wildman–Crippen LogP) is 5.45. The summed E-state index contributed by atoms with van der Waals surface area (Å²) in [6.45, 7) is 0. The number of nitrogens with zero attached hydrogens (tertiary/aromatic N) is 1. The molecule has 36 heavy (non-hydrogen) atoms. The fraction of sp³-hybridized carbons (Fsp3) is 0. The summed E-state index contributed by atoms with van der Waals surface area (Å²) in [6, 6.07) is 15.8. The monoisotopic (exact) mass is 564 g/mol. The van der Waals surface area contributed by atoms with Gasteiger partial charge in [-0.05, 0) is 66.7 Å². The molecule has 0 saturated carbocycles. The molecule has 184 valence electrons. The quantitative estimate of drug-likeness (QED) is 0.283. The third kappa shape index (κ3) is 5.69. The molecule has 0 bridgehead atoms. The van der Waals surface area contributed by atoms with Crippen LogP contribution in [-0.4, -0.2) is 25.4 Å². The van der Waals surface area contributed by atoms with Crippen LogP contribution >= 0.6 is 34.8 Å². The maximum Gasteiger partial charge on any atom is 0.263 e. The van der Waals surface area contributed by atoms with Crippen molar-refractivity contribution >= 4 is 68.2 Å². The highest BCUT2D eigenvalue weighted by atomic mass is 35.5. The van der Waals surface area contributed by atoms with Gasteiger partial charge in [0.05, 0.1) is 9.92 Å². The number of anilines is 2. The van der Waals surface area contributed by atoms with Crippen LogP contribution in [-0.2, 0) is 10.0 Å². The largest absolute Gasteiger partial charge is 0.337 e. The molecule has 1 heterocycles. The number of nitrogens with one attached hydrogen (secondary N) is 2. The Balaban J connectivity index is 1.72. The Bertz CT molecular complexity index is 1570. The Morgan fingerprint density at radius 2 is 1.47 bits per heavy atom. The van der Waals surface area contributed by atoms with Gasteiger partial charge in [-0.3, -0.25) is 14.9 Å². The minimum absolute atomic E-state index is 0.0433. The van der Waals surface area contributed by atoms with Crippen molar-refractivity contribution in [2.45, 2.75) is 4.90 Å². The van der Waals surface area contributed by atoms with Crippen LogP contribution in [0.2, 0.25) is 15.1 Å². The number of hydrogen-bond donors (Lipinski definition) is 3. The molecule has 4 aromatic rings. The molecule has 3 aromatic carbocycles. The highest BCUT2D eigenvalue weighted by Gasteiger charge is 2.27. The zero-order valence-corrected chi connectivity index (χ0v) is 21.0. The number of primary sulfonamides is 1. The highest BCUT2D eigenvalue weighted by molar-refractivity contribution is 7.89. The number of hydrogen-bond acceptors (Lipinski definition) is 6. The number of halogens is 3. The molecular weight excluding hydrogens is 551 g/mol. The van der Waals surface area contributed by atoms with Gasteiger partial charge in [0.2, 0.25) is 15.9 Å². The van der Waals surface area contributed by atoms with Crippen LogP contribution in [0.15, 0.2) is 76.1 Å². The van der Waals surface area contributed by atoms with E-state index in [9.17, 15) is 18.0 Å². The Labute approximate surface area is 220 Å². The summed E-state index contributed by atoms with van der Waals surface area (Å²) < 4.78 is 28.3. The van der Waals surface area contributed by atoms with Crippen LogP contribution in [0.5, 0.6) is 0 Å². The van der Waals surface area contributed by atoms with Crippen LogP contribution in [0, 0.1) is 0 Å². The molecule has 0 aliphatic rings. The Morgan fingerprint density at radius 1 is 0.833 bits per heavy atom. The van der Waals surface area contributed by atoms with Crippen LogP contribution in [0.3, 0.4) is 0 Å². The number of carbonyl (C=O) groups excluding carboxylic acids is 2. The summed E-state index contributed by atoms with van der Waals surface area (Å²) in [5.74, 6) is -1.54. The first kappa shape index (κ1) is 25.7. The van der Waals surface area contributed by atoms with E-state index in [-0.39, 0.29) is 38.3 Å². The van der Waals surface area contributed by atoms with E-state index in [0.717, 1.165) is 0 Å². The minimum Gasteiger partial charge on any atom is -0.337 e. The molecular formula is C23H15Cl3N4O5S. The van der Waals surface area contributed by atoms with Crippen LogP contribution in [0.25, 0.3) is 11.3 Å². The van der Waals surface area contributed by atoms with Crippen molar-refractivity contribution in [1.29, 1.82) is 0 Å². The maximum atomic E-state index is 13.3. The number of amides is 2. The van der Waals surface area contributed by atoms with Crippen LogP contribution < -0.4 is 15.8 Å². The van der Waals surface area contributed by atoms with Crippen molar-refractivity contribution in [3.63, 3.8) is 0 Å². The number of rotatable bonds is 6. The minimum atomic E-state index is -3.91. The van der Waals surface area contributed by atoms with Gasteiger partial charge in [-0.25, -0.2) is 13.6 Å². The second-order valence-corrected chi connectivity index (χ2v) is 10.2. The molecule has 0 atom stereocenters. The molecule has 0 unspecified atom stereocenters. The van der Waals surface area contributed by atoms with Gasteiger partial charge >= 0.3 is 0 Å². The van der Waals surface area contributed by atoms with Gasteiger partial charge in [0.15, 0.2) is 0 Å². The molecule has 13 heteroatoms. The molecule has 0 fully saturated rings. The second-order valence-electron chi connectivity index (χ2n) is 7.34. The van der Waals surface area contributed by atoms with Gasteiger partial charge < -0.3 is 9.84 Å². The van der Waals surface area contributed by atoms with E-state index in [1.54, 1.807) is 12.1 Å². The molecule has 4 N–H and O–H groups in total. The van der Waals surface area contributed by atoms with Crippen molar-refractivity contribution in [1.82, 2.24) is 5.16 Å². The van der Waals surface area contributed by atoms with E-state index in [1.807, 2.05) is 0 Å². The Kier molecular flexibility index (Phi) is 7.34. The van der Waals surface area contributed by atoms with Gasteiger partial charge in [-0.1, -0.05) is 40.0 Å². The SMILES string of the molecule is NS(=O)(=O)c1ccc(NC(=O)c2c(-c3ccc(Cl)cc3Cl)noc2NC(=O)c2ccc(Cl)cc2)cc1. The van der Waals surface area contributed by atoms with E-state index < -0.39 is 21.8 Å². The summed E-state index contributed by atoms with van der Waals surface area (Å²) in [6.07, 6.45) is 0. The summed E-state index contributed by atoms with van der Waals surface area (Å²) in [5.41, 5.74) is 0.744. The van der Waals surface area contributed by atoms with Gasteiger partial charge in [0.1, 0.15) is 11.3 Å². The lowest BCUT2D eigenvalue weighted by Gasteiger charge is -2.09. The molecule has 0 aliphatic heterocycles. The lowest BCUT2D eigenvalue weighted by atomic mass is 10.1. The van der Waals surface area contributed by atoms with Gasteiger partial charge in [-0.15, -0.1) is 0 Å². The lowest BCUT2D eigenvalue weighted by molar-refractivity contribution is 0.102. The first-order chi connectivity index (χ1) is 17.0. The Morgan fingerprint density at radius 3 is 2.08 bits per heavy atom. The van der Waals surface area contributed by atoms with Crippen LogP contribution in [0.4, 0.5) is 11.6 Å². The first-order valence-electron chi connectivity index (χ1n) is 9.99. The average molecular weight is 566 g/mol. The molecule has 1 aromatic heterocycles. The number of aromatic nitrogens is 1. The van der Waals surface area contributed by atoms with Crippen molar-refractivity contribution < 1.29 is 22.5 Å². The standard InChI is InChI=1S/C23H15Cl3N4O5S/c24-13-3-1-12(2-4-13)21(31)29-23-19(20(30-35-23)17-10-5-14(25)11-18(17)26)22(32)28-15-6-8-16(9-7-15)36(27,33)34/h1-11H,(H,28,32)(H,29,31)(H2,27,33,34). The number of carbonyl (C=O) groups is 2. The van der Waals surface area contributed by atoms with E-state index >= 15 is 0 Å². The molecule has 4 rings (SSSR count). The zero-order valence-electron chi connectivity index (χ0n) is 18.0. The van der Waals surface area contributed by atoms with E-state index in [2.05, 4.69) is 15.8 Å². The predicted molar refractivity (Wildman–Crippen MR) is 137 cm³/mol. The molecule has 0 radical (unpaired) electrons. The number of benzene rings is 3. The second kappa shape index (κ2) is 10.3. The van der Waals surface area contributed by atoms with Crippen molar-refractivity contribution in [2.75, 3.05) is 10.6 Å². The van der Waals surface area contributed by atoms with Crippen LogP contribution in [0.1, 0.15) is 20.7 Å². The molecule has 0 aliphatic carbocycles. The molecule has 2 amide bonds. The van der Waals surface area contributed by atoms with E-state index in [0.29, 0.717) is 15.6 Å². The first-order valence-corrected chi connectivity index (χ1v) is 12.7. The summed E-state index contributed by atoms with van der Waals surface area (Å²) in [5, 5.41) is 15.2. The molecule has 0 saturated heterocycles. The third-order valence-electron chi connectivity index (χ3n) is 4.88. The summed E-state index contributed by atoms with van der Waals surface area (Å²) in [4.78, 5) is 26.0. The van der Waals surface area contributed by atoms with E-state index in [4.69, 9.17) is 44.5 Å². The van der Waals surface area contributed by atoms with E-state index in [1.165, 1.54) is 54.6 Å². The van der Waals surface area contributed by atoms with Crippen molar-refractivity contribution in [3.05, 3.63) is 92.9 Å². The average Bonchev–Trinajstić information content (AvgIpc) is 3.22. The van der Waals surface area contributed by atoms with Crippen molar-refractivity contribution in [2.24, 2.45) is 5.14 Å².